The molecule has 1 atom stereocenters. The molecule has 0 aromatic carbocycles. The van der Waals surface area contributed by atoms with Crippen molar-refractivity contribution in [3.63, 3.8) is 0 Å². The second-order valence-electron chi connectivity index (χ2n) is 21.3. The van der Waals surface area contributed by atoms with Crippen LogP contribution >= 0.6 is 0 Å². The van der Waals surface area contributed by atoms with Gasteiger partial charge in [-0.15, -0.1) is 0 Å². The molecule has 0 amide bonds. The van der Waals surface area contributed by atoms with E-state index in [1.165, 1.54) is 77.0 Å². The second kappa shape index (κ2) is 69.0. The summed E-state index contributed by atoms with van der Waals surface area (Å²) in [6, 6.07) is 0. The molecule has 0 heterocycles. The lowest BCUT2D eigenvalue weighted by molar-refractivity contribution is -0.166. The van der Waals surface area contributed by atoms with Crippen LogP contribution in [0, 0.1) is 0 Å². The molecular weight excluding hydrogens is 1020 g/mol. The predicted molar refractivity (Wildman–Crippen MR) is 361 cm³/mol. The summed E-state index contributed by atoms with van der Waals surface area (Å²) in [5.41, 5.74) is 0. The average molecular weight is 1140 g/mol. The third kappa shape index (κ3) is 67.2. The number of unbranched alkanes of at least 4 members (excludes halogenated alkanes) is 18. The first-order valence-corrected chi connectivity index (χ1v) is 33.3. The normalized spacial score (nSPS) is 13.3. The first kappa shape index (κ1) is 77.5. The predicted octanol–water partition coefficient (Wildman–Crippen LogP) is 23.2. The molecule has 6 heteroatoms. The van der Waals surface area contributed by atoms with E-state index < -0.39 is 12.1 Å². The summed E-state index contributed by atoms with van der Waals surface area (Å²) < 4.78 is 16.8. The molecule has 0 radical (unpaired) electrons. The zero-order valence-corrected chi connectivity index (χ0v) is 53.1. The Morgan fingerprint density at radius 3 is 0.795 bits per heavy atom. The molecule has 6 nitrogen and oxygen atoms in total. The summed E-state index contributed by atoms with van der Waals surface area (Å²) >= 11 is 0. The molecule has 0 aliphatic heterocycles. The highest BCUT2D eigenvalue weighted by Gasteiger charge is 2.19. The van der Waals surface area contributed by atoms with E-state index in [1.54, 1.807) is 6.08 Å². The van der Waals surface area contributed by atoms with Crippen molar-refractivity contribution in [2.75, 3.05) is 13.2 Å². The number of carbonyl (C=O) groups excluding carboxylic acids is 3. The summed E-state index contributed by atoms with van der Waals surface area (Å²) in [7, 11) is 0. The maximum absolute atomic E-state index is 12.8. The van der Waals surface area contributed by atoms with Crippen molar-refractivity contribution in [3.05, 3.63) is 182 Å². The summed E-state index contributed by atoms with van der Waals surface area (Å²) in [6.07, 6.45) is 104. The molecule has 0 N–H and O–H groups in total. The molecule has 464 valence electrons. The molecule has 0 aromatic heterocycles. The Labute approximate surface area is 510 Å². The van der Waals surface area contributed by atoms with E-state index in [0.717, 1.165) is 141 Å². The van der Waals surface area contributed by atoms with Crippen LogP contribution in [0.1, 0.15) is 265 Å². The highest BCUT2D eigenvalue weighted by Crippen LogP contribution is 2.15. The van der Waals surface area contributed by atoms with Crippen LogP contribution in [0.15, 0.2) is 182 Å². The molecule has 0 rings (SSSR count). The Kier molecular flexibility index (Phi) is 64.4. The third-order valence-electron chi connectivity index (χ3n) is 13.4. The first-order chi connectivity index (χ1) is 41.0. The number of allylic oxidation sites excluding steroid dienone is 29. The van der Waals surface area contributed by atoms with E-state index >= 15 is 0 Å². The van der Waals surface area contributed by atoms with Gasteiger partial charge in [0.05, 0.1) is 6.42 Å². The van der Waals surface area contributed by atoms with Crippen LogP contribution < -0.4 is 0 Å². The van der Waals surface area contributed by atoms with Crippen LogP contribution in [-0.2, 0) is 28.6 Å². The van der Waals surface area contributed by atoms with E-state index in [9.17, 15) is 14.4 Å². The number of rotatable bonds is 58. The Morgan fingerprint density at radius 2 is 0.506 bits per heavy atom. The highest BCUT2D eigenvalue weighted by molar-refractivity contribution is 5.72. The molecular formula is C77H120O6. The zero-order valence-electron chi connectivity index (χ0n) is 53.1. The molecule has 0 fully saturated rings. The van der Waals surface area contributed by atoms with Crippen molar-refractivity contribution in [2.24, 2.45) is 0 Å². The molecule has 1 unspecified atom stereocenters. The van der Waals surface area contributed by atoms with Gasteiger partial charge in [0.25, 0.3) is 0 Å². The fraction of sp³-hybridized carbons (Fsp3) is 0.571. The Hall–Kier alpha value is -5.49. The lowest BCUT2D eigenvalue weighted by Gasteiger charge is -2.18. The quantitative estimate of drug-likeness (QED) is 0.0261. The van der Waals surface area contributed by atoms with Gasteiger partial charge in [-0.1, -0.05) is 306 Å². The largest absolute Gasteiger partial charge is 0.462 e. The van der Waals surface area contributed by atoms with Crippen LogP contribution in [0.3, 0.4) is 0 Å². The minimum atomic E-state index is -0.852. The molecule has 0 saturated carbocycles. The van der Waals surface area contributed by atoms with Crippen LogP contribution in [0.2, 0.25) is 0 Å². The Balaban J connectivity index is 4.41. The fourth-order valence-electron chi connectivity index (χ4n) is 8.55. The van der Waals surface area contributed by atoms with E-state index in [1.807, 2.05) is 6.08 Å². The van der Waals surface area contributed by atoms with Crippen molar-refractivity contribution >= 4 is 17.9 Å². The highest BCUT2D eigenvalue weighted by atomic mass is 16.6. The van der Waals surface area contributed by atoms with Crippen LogP contribution in [0.4, 0.5) is 0 Å². The van der Waals surface area contributed by atoms with Gasteiger partial charge in [-0.2, -0.15) is 0 Å². The van der Waals surface area contributed by atoms with Gasteiger partial charge in [0, 0.05) is 12.8 Å². The number of carbonyl (C=O) groups is 3. The lowest BCUT2D eigenvalue weighted by atomic mass is 10.0. The van der Waals surface area contributed by atoms with Crippen molar-refractivity contribution in [1.82, 2.24) is 0 Å². The van der Waals surface area contributed by atoms with E-state index in [0.29, 0.717) is 19.3 Å². The zero-order chi connectivity index (χ0) is 59.9. The average Bonchev–Trinajstić information content (AvgIpc) is 3.49. The summed E-state index contributed by atoms with van der Waals surface area (Å²) in [4.78, 5) is 38.2. The van der Waals surface area contributed by atoms with Crippen LogP contribution in [-0.4, -0.2) is 37.2 Å². The second-order valence-corrected chi connectivity index (χ2v) is 21.3. The maximum atomic E-state index is 12.8. The topological polar surface area (TPSA) is 78.9 Å². The Bertz CT molecular complexity index is 1940. The summed E-state index contributed by atoms with van der Waals surface area (Å²) in [6.45, 7) is 6.30. The number of hydrogen-bond acceptors (Lipinski definition) is 6. The van der Waals surface area contributed by atoms with Crippen LogP contribution in [0.25, 0.3) is 0 Å². The van der Waals surface area contributed by atoms with Gasteiger partial charge in [0.15, 0.2) is 6.10 Å². The molecule has 0 aromatic rings. The van der Waals surface area contributed by atoms with E-state index in [-0.39, 0.29) is 31.6 Å². The van der Waals surface area contributed by atoms with Gasteiger partial charge >= 0.3 is 17.9 Å². The number of esters is 3. The van der Waals surface area contributed by atoms with Crippen molar-refractivity contribution in [3.8, 4) is 0 Å². The van der Waals surface area contributed by atoms with Gasteiger partial charge in [-0.3, -0.25) is 14.4 Å². The fourth-order valence-corrected chi connectivity index (χ4v) is 8.55. The molecule has 0 aliphatic rings. The van der Waals surface area contributed by atoms with Crippen molar-refractivity contribution < 1.29 is 28.6 Å². The Morgan fingerprint density at radius 1 is 0.265 bits per heavy atom. The molecule has 0 saturated heterocycles. The molecule has 0 spiro atoms. The summed E-state index contributed by atoms with van der Waals surface area (Å²) in [5, 5.41) is 0. The SMILES string of the molecule is CC/C=C\C/C=C\C/C=C\C/C=C\C/C=C\C/C=C\C/C=C\C/C=C\C/C=C\C/C=C\CCCCCCC(=O)OCC(COC(=O)CCCCCCCCCCCCCCCCC)OC(=O)C/C=C\C/C=C\C/C=C\C/C=C\C/C=C\CC. The van der Waals surface area contributed by atoms with Gasteiger partial charge in [-0.05, 0) is 122 Å². The third-order valence-corrected chi connectivity index (χ3v) is 13.4. The first-order valence-electron chi connectivity index (χ1n) is 33.3. The minimum Gasteiger partial charge on any atom is -0.462 e. The number of hydrogen-bond donors (Lipinski definition) is 0. The van der Waals surface area contributed by atoms with Gasteiger partial charge < -0.3 is 14.2 Å². The van der Waals surface area contributed by atoms with Gasteiger partial charge in [0.1, 0.15) is 13.2 Å². The van der Waals surface area contributed by atoms with Gasteiger partial charge in [0.2, 0.25) is 0 Å². The van der Waals surface area contributed by atoms with E-state index in [2.05, 4.69) is 191 Å². The minimum absolute atomic E-state index is 0.0841. The van der Waals surface area contributed by atoms with Gasteiger partial charge in [-0.25, -0.2) is 0 Å². The van der Waals surface area contributed by atoms with Crippen molar-refractivity contribution in [2.45, 2.75) is 271 Å². The molecule has 0 bridgehead atoms. The number of ether oxygens (including phenoxy) is 3. The van der Waals surface area contributed by atoms with Crippen LogP contribution in [0.5, 0.6) is 0 Å². The lowest BCUT2D eigenvalue weighted by Crippen LogP contribution is -2.30. The smallest absolute Gasteiger partial charge is 0.310 e. The van der Waals surface area contributed by atoms with Crippen molar-refractivity contribution in [1.29, 1.82) is 0 Å². The monoisotopic (exact) mass is 1140 g/mol. The standard InChI is InChI=1S/C77H120O6/c1-4-7-10-13-16-19-22-25-28-29-30-31-32-33-34-35-36-37-38-39-40-41-42-43-44-45-46-47-50-52-55-58-61-64-67-70-76(79)82-73-74(83-77(80)71-68-65-62-59-56-53-49-27-24-21-18-15-12-9-6-3)72-81-75(78)69-66-63-60-57-54-51-48-26-23-20-17-14-11-8-5-2/h7,9-10,12,16,18-19,21,25,27-28,30-31,33-34,36-37,39-40,42-43,45-46,49-50,52,56,59,65,68,74H,4-6,8,11,13-15,17,20,22-24,26,29,32,35,38,41,44,47-48,51,53-55,57-58,60-64,66-67,69-73H2,1-3H3/b10-7-,12-9-,19-16-,21-18-,28-25-,31-30-,34-33-,37-36-,40-39-,43-42-,46-45-,49-27-,52-50-,59-56-,68-65-. The maximum Gasteiger partial charge on any atom is 0.310 e. The molecule has 0 aliphatic carbocycles. The summed E-state index contributed by atoms with van der Waals surface area (Å²) in [5.74, 6) is -1.09. The van der Waals surface area contributed by atoms with E-state index in [4.69, 9.17) is 14.2 Å². The molecule has 83 heavy (non-hydrogen) atoms.